The molecule has 2 aromatic carbocycles. The summed E-state index contributed by atoms with van der Waals surface area (Å²) < 4.78 is 34.9. The van der Waals surface area contributed by atoms with Crippen molar-refractivity contribution in [3.05, 3.63) is 46.4 Å². The van der Waals surface area contributed by atoms with Crippen molar-refractivity contribution < 1.29 is 17.9 Å². The Morgan fingerprint density at radius 2 is 1.93 bits per heavy atom. The van der Waals surface area contributed by atoms with Crippen LogP contribution < -0.4 is 14.4 Å². The largest absolute Gasteiger partial charge is 0.484 e. The zero-order valence-corrected chi connectivity index (χ0v) is 17.9. The fourth-order valence-corrected chi connectivity index (χ4v) is 4.36. The lowest BCUT2D eigenvalue weighted by Crippen LogP contribution is -2.48. The molecule has 1 amide bonds. The fourth-order valence-electron chi connectivity index (χ4n) is 2.91. The summed E-state index contributed by atoms with van der Waals surface area (Å²) in [5.41, 5.74) is 1.36. The summed E-state index contributed by atoms with van der Waals surface area (Å²) in [6.45, 7) is 7.48. The topological polar surface area (TPSA) is 75.7 Å². The smallest absolute Gasteiger partial charge is 0.261 e. The molecule has 0 fully saturated rings. The van der Waals surface area contributed by atoms with Gasteiger partial charge >= 0.3 is 0 Å². The van der Waals surface area contributed by atoms with Crippen molar-refractivity contribution in [2.75, 3.05) is 16.2 Å². The van der Waals surface area contributed by atoms with E-state index in [2.05, 4.69) is 20.7 Å². The molecule has 1 aliphatic rings. The number of benzene rings is 2. The van der Waals surface area contributed by atoms with E-state index in [-0.39, 0.29) is 10.8 Å². The number of hydrogen-bond donors (Lipinski definition) is 1. The third-order valence-corrected chi connectivity index (χ3v) is 6.49. The minimum atomic E-state index is -3.82. The number of fused-ring (bicyclic) bond motifs is 1. The Kier molecular flexibility index (Phi) is 4.98. The number of carbonyl (C=O) groups excluding carboxylic acids is 1. The predicted molar refractivity (Wildman–Crippen MR) is 109 cm³/mol. The summed E-state index contributed by atoms with van der Waals surface area (Å²) in [6, 6.07) is 9.76. The molecule has 1 N–H and O–H groups in total. The van der Waals surface area contributed by atoms with Crippen molar-refractivity contribution in [3.63, 3.8) is 0 Å². The lowest BCUT2D eigenvalue weighted by Gasteiger charge is -2.39. The summed E-state index contributed by atoms with van der Waals surface area (Å²) in [6.07, 6.45) is 0. The lowest BCUT2D eigenvalue weighted by molar-refractivity contribution is -0.117. The number of ether oxygens (including phenoxy) is 1. The number of halogens is 1. The van der Waals surface area contributed by atoms with Gasteiger partial charge in [0.1, 0.15) is 11.4 Å². The standard InChI is InChI=1S/C19H21BrN2O4S/c1-12-5-6-14(9-16(12)20)21-27(24,25)15-7-8-18-17(10-15)22(13(2)23)11-19(3,4)26-18/h5-10,21H,11H2,1-4H3. The molecule has 0 radical (unpaired) electrons. The fraction of sp³-hybridized carbons (Fsp3) is 0.316. The van der Waals surface area contributed by atoms with E-state index in [4.69, 9.17) is 4.74 Å². The SMILES string of the molecule is CC(=O)N1CC(C)(C)Oc2ccc(S(=O)(=O)Nc3ccc(C)c(Br)c3)cc21. The van der Waals surface area contributed by atoms with Gasteiger partial charge in [0, 0.05) is 17.1 Å². The van der Waals surface area contributed by atoms with Crippen molar-refractivity contribution in [1.29, 1.82) is 0 Å². The van der Waals surface area contributed by atoms with Gasteiger partial charge in [-0.2, -0.15) is 0 Å². The van der Waals surface area contributed by atoms with E-state index in [9.17, 15) is 13.2 Å². The maximum atomic E-state index is 12.8. The number of nitrogens with one attached hydrogen (secondary N) is 1. The van der Waals surface area contributed by atoms with Crippen LogP contribution >= 0.6 is 15.9 Å². The van der Waals surface area contributed by atoms with Crippen molar-refractivity contribution in [2.24, 2.45) is 0 Å². The maximum absolute atomic E-state index is 12.8. The zero-order chi connectivity index (χ0) is 20.0. The quantitative estimate of drug-likeness (QED) is 0.760. The molecule has 6 nitrogen and oxygen atoms in total. The summed E-state index contributed by atoms with van der Waals surface area (Å²) in [4.78, 5) is 13.7. The first kappa shape index (κ1) is 19.7. The Bertz CT molecular complexity index is 1020. The van der Waals surface area contributed by atoms with Gasteiger partial charge in [-0.3, -0.25) is 9.52 Å². The van der Waals surface area contributed by atoms with Crippen molar-refractivity contribution in [2.45, 2.75) is 38.2 Å². The first-order valence-corrected chi connectivity index (χ1v) is 10.7. The van der Waals surface area contributed by atoms with Crippen molar-refractivity contribution in [3.8, 4) is 5.75 Å². The van der Waals surface area contributed by atoms with E-state index < -0.39 is 15.6 Å². The Labute approximate surface area is 167 Å². The van der Waals surface area contributed by atoms with E-state index in [1.807, 2.05) is 26.8 Å². The number of rotatable bonds is 3. The molecule has 0 saturated heterocycles. The molecule has 27 heavy (non-hydrogen) atoms. The van der Waals surface area contributed by atoms with E-state index in [1.54, 1.807) is 23.1 Å². The highest BCUT2D eigenvalue weighted by Gasteiger charge is 2.34. The van der Waals surface area contributed by atoms with E-state index in [1.165, 1.54) is 19.1 Å². The number of sulfonamides is 1. The molecule has 144 valence electrons. The number of aryl methyl sites for hydroxylation is 1. The van der Waals surface area contributed by atoms with Gasteiger partial charge in [0.2, 0.25) is 5.91 Å². The highest BCUT2D eigenvalue weighted by molar-refractivity contribution is 9.10. The highest BCUT2D eigenvalue weighted by atomic mass is 79.9. The molecule has 0 spiro atoms. The number of hydrogen-bond acceptors (Lipinski definition) is 4. The van der Waals surface area contributed by atoms with E-state index in [0.29, 0.717) is 23.7 Å². The molecule has 0 saturated carbocycles. The molecule has 0 unspecified atom stereocenters. The van der Waals surface area contributed by atoms with Gasteiger partial charge in [0.25, 0.3) is 10.0 Å². The van der Waals surface area contributed by atoms with Crippen LogP contribution in [0.5, 0.6) is 5.75 Å². The predicted octanol–water partition coefficient (Wildman–Crippen LogP) is 4.08. The second-order valence-electron chi connectivity index (χ2n) is 7.17. The van der Waals surface area contributed by atoms with Gasteiger partial charge in [-0.05, 0) is 56.7 Å². The average molecular weight is 453 g/mol. The molecule has 8 heteroatoms. The monoisotopic (exact) mass is 452 g/mol. The highest BCUT2D eigenvalue weighted by Crippen LogP contribution is 2.38. The summed E-state index contributed by atoms with van der Waals surface area (Å²) in [7, 11) is -3.82. The molecule has 3 rings (SSSR count). The van der Waals surface area contributed by atoms with Crippen molar-refractivity contribution >= 4 is 43.2 Å². The van der Waals surface area contributed by atoms with Crippen LogP contribution in [0.1, 0.15) is 26.3 Å². The van der Waals surface area contributed by atoms with Gasteiger partial charge in [-0.1, -0.05) is 22.0 Å². The van der Waals surface area contributed by atoms with Crippen LogP contribution in [0.3, 0.4) is 0 Å². The van der Waals surface area contributed by atoms with Crippen LogP contribution in [-0.2, 0) is 14.8 Å². The maximum Gasteiger partial charge on any atom is 0.261 e. The summed E-state index contributed by atoms with van der Waals surface area (Å²) >= 11 is 3.40. The van der Waals surface area contributed by atoms with Crippen LogP contribution in [-0.4, -0.2) is 26.5 Å². The van der Waals surface area contributed by atoms with E-state index in [0.717, 1.165) is 10.0 Å². The first-order chi connectivity index (χ1) is 12.5. The second kappa shape index (κ2) is 6.83. The van der Waals surface area contributed by atoms with Gasteiger partial charge in [0.15, 0.2) is 0 Å². The minimum Gasteiger partial charge on any atom is -0.484 e. The van der Waals surface area contributed by atoms with Gasteiger partial charge < -0.3 is 9.64 Å². The summed E-state index contributed by atoms with van der Waals surface area (Å²) in [5, 5.41) is 0. The Morgan fingerprint density at radius 1 is 1.22 bits per heavy atom. The molecule has 2 aromatic rings. The molecule has 0 aliphatic carbocycles. The molecule has 0 bridgehead atoms. The van der Waals surface area contributed by atoms with Crippen LogP contribution in [0.4, 0.5) is 11.4 Å². The number of nitrogens with zero attached hydrogens (tertiary/aromatic N) is 1. The first-order valence-electron chi connectivity index (χ1n) is 8.39. The molecule has 0 atom stereocenters. The Balaban J connectivity index is 1.99. The number of amides is 1. The van der Waals surface area contributed by atoms with Gasteiger partial charge in [-0.25, -0.2) is 8.42 Å². The molecule has 0 aromatic heterocycles. The second-order valence-corrected chi connectivity index (χ2v) is 9.70. The lowest BCUT2D eigenvalue weighted by atomic mass is 10.1. The van der Waals surface area contributed by atoms with Crippen LogP contribution in [0.2, 0.25) is 0 Å². The third kappa shape index (κ3) is 4.11. The summed E-state index contributed by atoms with van der Waals surface area (Å²) in [5.74, 6) is 0.316. The molecular formula is C19H21BrN2O4S. The van der Waals surface area contributed by atoms with Crippen LogP contribution in [0, 0.1) is 6.92 Å². The normalized spacial score (nSPS) is 15.7. The average Bonchev–Trinajstić information content (AvgIpc) is 2.56. The Hall–Kier alpha value is -2.06. The zero-order valence-electron chi connectivity index (χ0n) is 15.5. The number of anilines is 2. The van der Waals surface area contributed by atoms with E-state index >= 15 is 0 Å². The number of carbonyl (C=O) groups is 1. The van der Waals surface area contributed by atoms with Crippen LogP contribution in [0.25, 0.3) is 0 Å². The van der Waals surface area contributed by atoms with Gasteiger partial charge in [0.05, 0.1) is 17.1 Å². The Morgan fingerprint density at radius 3 is 2.56 bits per heavy atom. The molecule has 1 aliphatic heterocycles. The third-order valence-electron chi connectivity index (χ3n) is 4.26. The minimum absolute atomic E-state index is 0.0625. The van der Waals surface area contributed by atoms with Crippen molar-refractivity contribution in [1.82, 2.24) is 0 Å². The molecular weight excluding hydrogens is 432 g/mol. The van der Waals surface area contributed by atoms with Gasteiger partial charge in [-0.15, -0.1) is 0 Å². The van der Waals surface area contributed by atoms with Crippen LogP contribution in [0.15, 0.2) is 45.8 Å². The molecule has 1 heterocycles.